The number of hydrogen-bond acceptors (Lipinski definition) is 5. The number of fused-ring (bicyclic) bond motifs is 5. The number of benzene rings is 2. The fraction of sp³-hybridized carbons (Fsp3) is 0.705. The van der Waals surface area contributed by atoms with E-state index < -0.39 is 0 Å². The van der Waals surface area contributed by atoms with Gasteiger partial charge in [-0.3, -0.25) is 0 Å². The van der Waals surface area contributed by atoms with Crippen molar-refractivity contribution in [3.8, 4) is 0 Å². The van der Waals surface area contributed by atoms with Gasteiger partial charge < -0.3 is 20.9 Å². The zero-order valence-electron chi connectivity index (χ0n) is 32.3. The summed E-state index contributed by atoms with van der Waals surface area (Å²) in [6.07, 6.45) is 15.0. The molecule has 0 aromatic heterocycles. The molecule has 0 spiro atoms. The molecule has 4 aliphatic carbocycles. The van der Waals surface area contributed by atoms with E-state index in [2.05, 4.69) is 47.6 Å². The van der Waals surface area contributed by atoms with Crippen LogP contribution in [0.1, 0.15) is 148 Å². The number of hydrogen-bond donors (Lipinski definition) is 2. The van der Waals surface area contributed by atoms with Crippen molar-refractivity contribution in [3.05, 3.63) is 59.7 Å². The molecule has 0 bridgehead atoms. The first-order valence-corrected chi connectivity index (χ1v) is 20.0. The van der Waals surface area contributed by atoms with Crippen molar-refractivity contribution < 1.29 is 14.3 Å². The molecule has 4 fully saturated rings. The van der Waals surface area contributed by atoms with Gasteiger partial charge in [-0.1, -0.05) is 99.3 Å². The highest BCUT2D eigenvalue weighted by Gasteiger charge is 2.62. The van der Waals surface area contributed by atoms with Gasteiger partial charge in [0.25, 0.3) is 0 Å². The van der Waals surface area contributed by atoms with Crippen molar-refractivity contribution in [2.45, 2.75) is 151 Å². The van der Waals surface area contributed by atoms with Gasteiger partial charge in [-0.2, -0.15) is 0 Å². The molecule has 274 valence electrons. The molecule has 9 atom stereocenters. The maximum atomic E-state index is 13.1. The molecule has 0 saturated heterocycles. The van der Waals surface area contributed by atoms with Crippen LogP contribution in [0.15, 0.2) is 48.5 Å². The standard InChI is InChI=1S/C35H48N2O3.C7H16.C2H6/c1-4-24-11-12-29-28-20-32(39-21-22-7-5-9-25(36)17-22)31-19-27(40-33(38)23-8-6-10-26(37)18-23)13-15-35(31,3)30(28)14-16-34(24,29)2;1-4-5-6-7(2)3;1-2/h5-10,17-18,24,27-32H,4,11-16,19-21,36-37H2,1-3H3;7H,4-6H2,1-3H3;1-2H3. The average Bonchev–Trinajstić information content (AvgIpc) is 3.44. The predicted octanol–water partition coefficient (Wildman–Crippen LogP) is 11.5. The first-order chi connectivity index (χ1) is 23.5. The number of carbonyl (C=O) groups is 1. The third-order valence-electron chi connectivity index (χ3n) is 13.2. The van der Waals surface area contributed by atoms with Crippen LogP contribution in [0, 0.1) is 46.3 Å². The minimum atomic E-state index is -0.267. The Balaban J connectivity index is 0.000000537. The van der Waals surface area contributed by atoms with Crippen LogP contribution in [0.2, 0.25) is 0 Å². The monoisotopic (exact) mass is 675 g/mol. The van der Waals surface area contributed by atoms with E-state index in [9.17, 15) is 4.79 Å². The van der Waals surface area contributed by atoms with Crippen molar-refractivity contribution >= 4 is 17.3 Å². The highest BCUT2D eigenvalue weighted by Crippen LogP contribution is 2.68. The highest BCUT2D eigenvalue weighted by atomic mass is 16.5. The maximum absolute atomic E-state index is 13.1. The Labute approximate surface area is 299 Å². The van der Waals surface area contributed by atoms with Gasteiger partial charge in [-0.15, -0.1) is 0 Å². The molecule has 4 aliphatic rings. The van der Waals surface area contributed by atoms with Crippen molar-refractivity contribution in [1.29, 1.82) is 0 Å². The molecule has 2 aromatic carbocycles. The lowest BCUT2D eigenvalue weighted by Crippen LogP contribution is -2.58. The normalized spacial score (nSPS) is 33.1. The Hall–Kier alpha value is -2.53. The zero-order chi connectivity index (χ0) is 35.8. The number of nitrogen functional groups attached to an aromatic ring is 2. The van der Waals surface area contributed by atoms with Crippen LogP contribution < -0.4 is 11.5 Å². The van der Waals surface area contributed by atoms with Crippen LogP contribution in [0.25, 0.3) is 0 Å². The van der Waals surface area contributed by atoms with Gasteiger partial charge in [-0.25, -0.2) is 4.79 Å². The van der Waals surface area contributed by atoms with Gasteiger partial charge in [0.1, 0.15) is 6.10 Å². The summed E-state index contributed by atoms with van der Waals surface area (Å²) in [6.45, 7) is 18.9. The molecule has 5 nitrogen and oxygen atoms in total. The molecule has 0 amide bonds. The van der Waals surface area contributed by atoms with Crippen LogP contribution >= 0.6 is 0 Å². The SMILES string of the molecule is CC.CCC1CCC2C3CC(OCc4cccc(N)c4)C4CC(OC(=O)c5cccc(N)c5)CCC4(C)C3CCC12C.CCCCC(C)C. The van der Waals surface area contributed by atoms with Crippen LogP contribution in [0.5, 0.6) is 0 Å². The van der Waals surface area contributed by atoms with E-state index in [1.54, 1.807) is 18.2 Å². The van der Waals surface area contributed by atoms with E-state index in [-0.39, 0.29) is 23.6 Å². The van der Waals surface area contributed by atoms with E-state index in [4.69, 9.17) is 20.9 Å². The molecule has 0 heterocycles. The molecule has 5 heteroatoms. The quantitative estimate of drug-likeness (QED) is 0.204. The van der Waals surface area contributed by atoms with Gasteiger partial charge in [0.05, 0.1) is 18.3 Å². The van der Waals surface area contributed by atoms with Crippen LogP contribution in [-0.2, 0) is 16.1 Å². The summed E-state index contributed by atoms with van der Waals surface area (Å²) < 4.78 is 13.0. The molecule has 6 rings (SSSR count). The minimum Gasteiger partial charge on any atom is -0.459 e. The number of esters is 1. The van der Waals surface area contributed by atoms with Crippen molar-refractivity contribution in [3.63, 3.8) is 0 Å². The number of unbranched alkanes of at least 4 members (excludes halogenated alkanes) is 1. The van der Waals surface area contributed by atoms with Crippen LogP contribution in [0.3, 0.4) is 0 Å². The van der Waals surface area contributed by atoms with E-state index in [0.717, 1.165) is 60.6 Å². The first kappa shape index (κ1) is 39.3. The largest absolute Gasteiger partial charge is 0.459 e. The molecule has 9 unspecified atom stereocenters. The van der Waals surface area contributed by atoms with Crippen LogP contribution in [0.4, 0.5) is 11.4 Å². The molecule has 49 heavy (non-hydrogen) atoms. The molecule has 0 aliphatic heterocycles. The second-order valence-electron chi connectivity index (χ2n) is 16.5. The molecule has 2 aromatic rings. The Kier molecular flexibility index (Phi) is 14.1. The van der Waals surface area contributed by atoms with E-state index in [1.807, 2.05) is 38.1 Å². The fourth-order valence-corrected chi connectivity index (χ4v) is 10.7. The Bertz CT molecular complexity index is 1330. The highest BCUT2D eigenvalue weighted by molar-refractivity contribution is 5.90. The maximum Gasteiger partial charge on any atom is 0.338 e. The van der Waals surface area contributed by atoms with Gasteiger partial charge in [0, 0.05) is 11.4 Å². The summed E-state index contributed by atoms with van der Waals surface area (Å²) in [5, 5.41) is 0. The Morgan fingerprint density at radius 1 is 0.857 bits per heavy atom. The zero-order valence-corrected chi connectivity index (χ0v) is 32.3. The molecule has 0 radical (unpaired) electrons. The lowest BCUT2D eigenvalue weighted by molar-refractivity contribution is -0.188. The van der Waals surface area contributed by atoms with Crippen molar-refractivity contribution in [2.75, 3.05) is 11.5 Å². The lowest BCUT2D eigenvalue weighted by atomic mass is 9.44. The topological polar surface area (TPSA) is 87.6 Å². The first-order valence-electron chi connectivity index (χ1n) is 20.0. The summed E-state index contributed by atoms with van der Waals surface area (Å²) >= 11 is 0. The summed E-state index contributed by atoms with van der Waals surface area (Å²) in [6, 6.07) is 15.2. The van der Waals surface area contributed by atoms with Crippen LogP contribution in [-0.4, -0.2) is 18.2 Å². The molecular weight excluding hydrogens is 604 g/mol. The fourth-order valence-electron chi connectivity index (χ4n) is 10.7. The minimum absolute atomic E-state index is 0.0909. The van der Waals surface area contributed by atoms with Gasteiger partial charge in [0.2, 0.25) is 0 Å². The summed E-state index contributed by atoms with van der Waals surface area (Å²) in [5.74, 6) is 4.11. The predicted molar refractivity (Wildman–Crippen MR) is 206 cm³/mol. The smallest absolute Gasteiger partial charge is 0.338 e. The average molecular weight is 675 g/mol. The number of ether oxygens (including phenoxy) is 2. The molecule has 4 N–H and O–H groups in total. The van der Waals surface area contributed by atoms with E-state index in [1.165, 1.54) is 51.4 Å². The van der Waals surface area contributed by atoms with Gasteiger partial charge >= 0.3 is 5.97 Å². The third-order valence-corrected chi connectivity index (χ3v) is 13.2. The van der Waals surface area contributed by atoms with Crippen molar-refractivity contribution in [2.24, 2.45) is 46.3 Å². The summed E-state index contributed by atoms with van der Waals surface area (Å²) in [5.41, 5.74) is 15.7. The summed E-state index contributed by atoms with van der Waals surface area (Å²) in [7, 11) is 0. The Morgan fingerprint density at radius 2 is 1.53 bits per heavy atom. The molecule has 4 saturated carbocycles. The van der Waals surface area contributed by atoms with E-state index in [0.29, 0.717) is 35.1 Å². The second kappa shape index (κ2) is 17.6. The number of rotatable bonds is 9. The Morgan fingerprint density at radius 3 is 2.16 bits per heavy atom. The number of nitrogens with two attached hydrogens (primary N) is 2. The number of carbonyl (C=O) groups excluding carboxylic acids is 1. The summed E-state index contributed by atoms with van der Waals surface area (Å²) in [4.78, 5) is 13.1. The van der Waals surface area contributed by atoms with E-state index >= 15 is 0 Å². The molecular formula is C44H70N2O3. The third kappa shape index (κ3) is 9.04. The van der Waals surface area contributed by atoms with Crippen molar-refractivity contribution in [1.82, 2.24) is 0 Å². The second-order valence-corrected chi connectivity index (χ2v) is 16.5. The van der Waals surface area contributed by atoms with Gasteiger partial charge in [-0.05, 0) is 134 Å². The lowest BCUT2D eigenvalue weighted by Gasteiger charge is -2.62. The number of anilines is 2. The van der Waals surface area contributed by atoms with Gasteiger partial charge in [0.15, 0.2) is 0 Å².